The Morgan fingerprint density at radius 3 is 3.07 bits per heavy atom. The quantitative estimate of drug-likeness (QED) is 0.740. The molecule has 3 nitrogen and oxygen atoms in total. The van der Waals surface area contributed by atoms with Gasteiger partial charge in [0.1, 0.15) is 11.0 Å². The van der Waals surface area contributed by atoms with Crippen molar-refractivity contribution >= 4 is 27.5 Å². The van der Waals surface area contributed by atoms with Gasteiger partial charge >= 0.3 is 0 Å². The van der Waals surface area contributed by atoms with E-state index in [1.165, 1.54) is 0 Å². The summed E-state index contributed by atoms with van der Waals surface area (Å²) in [6.45, 7) is 1.55. The van der Waals surface area contributed by atoms with Crippen molar-refractivity contribution in [2.75, 3.05) is 13.2 Å². The molecule has 1 aromatic heterocycles. The van der Waals surface area contributed by atoms with E-state index in [2.05, 4.69) is 25.9 Å². The second-order valence-electron chi connectivity index (χ2n) is 3.28. The summed E-state index contributed by atoms with van der Waals surface area (Å²) >= 11 is 9.16. The predicted octanol–water partition coefficient (Wildman–Crippen LogP) is 2.79. The SMILES string of the molecule is Clc1nc(C2CCCOC2)ncc1Br. The van der Waals surface area contributed by atoms with E-state index < -0.39 is 0 Å². The molecular weight excluding hydrogens is 267 g/mol. The van der Waals surface area contributed by atoms with Crippen LogP contribution in [0, 0.1) is 0 Å². The van der Waals surface area contributed by atoms with E-state index in [-0.39, 0.29) is 0 Å². The molecule has 0 radical (unpaired) electrons. The average molecular weight is 278 g/mol. The first-order valence-corrected chi connectivity index (χ1v) is 5.70. The summed E-state index contributed by atoms with van der Waals surface area (Å²) < 4.78 is 6.11. The summed E-state index contributed by atoms with van der Waals surface area (Å²) in [7, 11) is 0. The van der Waals surface area contributed by atoms with Crippen LogP contribution in [0.2, 0.25) is 5.15 Å². The second kappa shape index (κ2) is 4.55. The van der Waals surface area contributed by atoms with E-state index >= 15 is 0 Å². The van der Waals surface area contributed by atoms with Gasteiger partial charge in [-0.05, 0) is 28.8 Å². The van der Waals surface area contributed by atoms with Crippen molar-refractivity contribution in [1.82, 2.24) is 9.97 Å². The van der Waals surface area contributed by atoms with Crippen LogP contribution in [0.1, 0.15) is 24.6 Å². The van der Waals surface area contributed by atoms with Crippen LogP contribution in [-0.4, -0.2) is 23.2 Å². The van der Waals surface area contributed by atoms with Crippen molar-refractivity contribution in [2.24, 2.45) is 0 Å². The summed E-state index contributed by atoms with van der Waals surface area (Å²) in [6, 6.07) is 0. The van der Waals surface area contributed by atoms with E-state index in [9.17, 15) is 0 Å². The molecule has 5 heteroatoms. The highest BCUT2D eigenvalue weighted by Gasteiger charge is 2.19. The van der Waals surface area contributed by atoms with Gasteiger partial charge in [0, 0.05) is 18.7 Å². The summed E-state index contributed by atoms with van der Waals surface area (Å²) in [5.41, 5.74) is 0. The minimum absolute atomic E-state index is 0.300. The molecule has 0 bridgehead atoms. The highest BCUT2D eigenvalue weighted by atomic mass is 79.9. The molecule has 14 heavy (non-hydrogen) atoms. The predicted molar refractivity (Wildman–Crippen MR) is 57.5 cm³/mol. The van der Waals surface area contributed by atoms with Gasteiger partial charge in [0.2, 0.25) is 0 Å². The second-order valence-corrected chi connectivity index (χ2v) is 4.49. The summed E-state index contributed by atoms with van der Waals surface area (Å²) in [5.74, 6) is 1.09. The summed E-state index contributed by atoms with van der Waals surface area (Å²) in [4.78, 5) is 8.46. The number of hydrogen-bond acceptors (Lipinski definition) is 3. The maximum absolute atomic E-state index is 5.89. The van der Waals surface area contributed by atoms with Crippen LogP contribution in [-0.2, 0) is 4.74 Å². The van der Waals surface area contributed by atoms with E-state index in [0.717, 1.165) is 29.7 Å². The van der Waals surface area contributed by atoms with Crippen LogP contribution in [0.25, 0.3) is 0 Å². The van der Waals surface area contributed by atoms with Gasteiger partial charge in [0.05, 0.1) is 11.1 Å². The number of halogens is 2. The summed E-state index contributed by atoms with van der Waals surface area (Å²) in [6.07, 6.45) is 3.85. The Morgan fingerprint density at radius 2 is 2.43 bits per heavy atom. The molecule has 76 valence electrons. The molecule has 0 N–H and O–H groups in total. The Bertz CT molecular complexity index is 329. The maximum atomic E-state index is 5.89. The smallest absolute Gasteiger partial charge is 0.146 e. The van der Waals surface area contributed by atoms with Gasteiger partial charge in [-0.1, -0.05) is 11.6 Å². The Labute approximate surface area is 96.0 Å². The number of hydrogen-bond donors (Lipinski definition) is 0. The fraction of sp³-hybridized carbons (Fsp3) is 0.556. The molecule has 2 heterocycles. The standard InChI is InChI=1S/C9H10BrClN2O/c10-7-4-12-9(13-8(7)11)6-2-1-3-14-5-6/h4,6H,1-3,5H2. The number of rotatable bonds is 1. The third-order valence-corrected chi connectivity index (χ3v) is 3.34. The van der Waals surface area contributed by atoms with Crippen molar-refractivity contribution in [3.8, 4) is 0 Å². The lowest BCUT2D eigenvalue weighted by Gasteiger charge is -2.20. The van der Waals surface area contributed by atoms with Gasteiger partial charge in [-0.3, -0.25) is 0 Å². The molecule has 0 aromatic carbocycles. The van der Waals surface area contributed by atoms with Gasteiger partial charge in [-0.2, -0.15) is 0 Å². The molecule has 2 rings (SSSR count). The lowest BCUT2D eigenvalue weighted by Crippen LogP contribution is -2.17. The molecule has 1 fully saturated rings. The van der Waals surface area contributed by atoms with Gasteiger partial charge < -0.3 is 4.74 Å². The summed E-state index contributed by atoms with van der Waals surface area (Å²) in [5, 5.41) is 0.473. The number of nitrogens with zero attached hydrogens (tertiary/aromatic N) is 2. The van der Waals surface area contributed by atoms with Gasteiger partial charge in [-0.25, -0.2) is 9.97 Å². The maximum Gasteiger partial charge on any atom is 0.146 e. The molecule has 1 aliphatic rings. The first-order valence-electron chi connectivity index (χ1n) is 4.53. The number of aromatic nitrogens is 2. The van der Waals surface area contributed by atoms with Crippen LogP contribution >= 0.6 is 27.5 Å². The van der Waals surface area contributed by atoms with Gasteiger partial charge in [0.15, 0.2) is 0 Å². The molecule has 1 aliphatic heterocycles. The van der Waals surface area contributed by atoms with Crippen LogP contribution in [0.4, 0.5) is 0 Å². The minimum atomic E-state index is 0.300. The zero-order chi connectivity index (χ0) is 9.97. The normalized spacial score (nSPS) is 22.3. The fourth-order valence-corrected chi connectivity index (χ4v) is 1.83. The Kier molecular flexibility index (Phi) is 3.36. The molecule has 0 saturated carbocycles. The van der Waals surface area contributed by atoms with E-state index in [4.69, 9.17) is 16.3 Å². The van der Waals surface area contributed by atoms with Gasteiger partial charge in [-0.15, -0.1) is 0 Å². The van der Waals surface area contributed by atoms with Crippen LogP contribution in [0.5, 0.6) is 0 Å². The average Bonchev–Trinajstić information content (AvgIpc) is 2.23. The monoisotopic (exact) mass is 276 g/mol. The highest BCUT2D eigenvalue weighted by Crippen LogP contribution is 2.25. The topological polar surface area (TPSA) is 35.0 Å². The largest absolute Gasteiger partial charge is 0.381 e. The van der Waals surface area contributed by atoms with Crippen molar-refractivity contribution in [3.63, 3.8) is 0 Å². The molecule has 0 amide bonds. The first-order chi connectivity index (χ1) is 6.77. The Morgan fingerprint density at radius 1 is 1.57 bits per heavy atom. The molecule has 0 aliphatic carbocycles. The van der Waals surface area contributed by atoms with Crippen molar-refractivity contribution in [2.45, 2.75) is 18.8 Å². The highest BCUT2D eigenvalue weighted by molar-refractivity contribution is 9.10. The minimum Gasteiger partial charge on any atom is -0.381 e. The van der Waals surface area contributed by atoms with Crippen LogP contribution < -0.4 is 0 Å². The molecule has 1 saturated heterocycles. The van der Waals surface area contributed by atoms with E-state index in [1.54, 1.807) is 6.20 Å². The first kappa shape index (κ1) is 10.3. The third-order valence-electron chi connectivity index (χ3n) is 2.25. The van der Waals surface area contributed by atoms with Crippen molar-refractivity contribution in [1.29, 1.82) is 0 Å². The van der Waals surface area contributed by atoms with Crippen LogP contribution in [0.15, 0.2) is 10.7 Å². The van der Waals surface area contributed by atoms with Crippen molar-refractivity contribution in [3.05, 3.63) is 21.6 Å². The molecule has 1 aromatic rings. The molecule has 0 spiro atoms. The van der Waals surface area contributed by atoms with Crippen LogP contribution in [0.3, 0.4) is 0 Å². The van der Waals surface area contributed by atoms with E-state index in [0.29, 0.717) is 17.7 Å². The lowest BCUT2D eigenvalue weighted by atomic mass is 10.0. The Hall–Kier alpha value is -0.190. The third kappa shape index (κ3) is 2.24. The molecule has 1 unspecified atom stereocenters. The van der Waals surface area contributed by atoms with E-state index in [1.807, 2.05) is 0 Å². The molecule has 1 atom stereocenters. The Balaban J connectivity index is 2.18. The zero-order valence-electron chi connectivity index (χ0n) is 7.54. The molecular formula is C9H10BrClN2O. The zero-order valence-corrected chi connectivity index (χ0v) is 9.88. The van der Waals surface area contributed by atoms with Crippen molar-refractivity contribution < 1.29 is 4.74 Å². The number of ether oxygens (including phenoxy) is 1. The lowest BCUT2D eigenvalue weighted by molar-refractivity contribution is 0.0780. The van der Waals surface area contributed by atoms with Gasteiger partial charge in [0.25, 0.3) is 0 Å². The fourth-order valence-electron chi connectivity index (χ4n) is 1.50.